The number of carbonyl (C=O) groups is 1. The van der Waals surface area contributed by atoms with E-state index < -0.39 is 0 Å². The minimum atomic E-state index is -0.304. The molecule has 2 rings (SSSR count). The predicted octanol–water partition coefficient (Wildman–Crippen LogP) is 2.63. The van der Waals surface area contributed by atoms with Crippen LogP contribution < -0.4 is 0 Å². The number of ether oxygens (including phenoxy) is 1. The molecular weight excluding hydrogens is 268 g/mol. The van der Waals surface area contributed by atoms with Gasteiger partial charge >= 0.3 is 5.97 Å². The molecule has 0 atom stereocenters. The summed E-state index contributed by atoms with van der Waals surface area (Å²) in [7, 11) is 1.36. The second-order valence-electron chi connectivity index (χ2n) is 5.45. The largest absolute Gasteiger partial charge is 0.507 e. The molecule has 0 aliphatic heterocycles. The Hall–Kier alpha value is -2.30. The van der Waals surface area contributed by atoms with Gasteiger partial charge in [-0.05, 0) is 23.6 Å². The topological polar surface area (TPSA) is 64.3 Å². The minimum absolute atomic E-state index is 0.174. The number of phenols is 1. The van der Waals surface area contributed by atoms with Crippen LogP contribution in [0.3, 0.4) is 0 Å². The third kappa shape index (κ3) is 3.84. The van der Waals surface area contributed by atoms with Crippen LogP contribution in [0.25, 0.3) is 11.1 Å². The van der Waals surface area contributed by atoms with Gasteiger partial charge in [-0.15, -0.1) is 0 Å². The lowest BCUT2D eigenvalue weighted by Crippen LogP contribution is -2.04. The molecule has 0 amide bonds. The van der Waals surface area contributed by atoms with E-state index in [0.717, 1.165) is 17.7 Å². The maximum absolute atomic E-state index is 11.3. The van der Waals surface area contributed by atoms with Crippen molar-refractivity contribution >= 4 is 5.97 Å². The van der Waals surface area contributed by atoms with Gasteiger partial charge in [-0.3, -0.25) is 9.48 Å². The van der Waals surface area contributed by atoms with Gasteiger partial charge in [-0.25, -0.2) is 0 Å². The Morgan fingerprint density at radius 2 is 2.19 bits per heavy atom. The molecule has 0 saturated carbocycles. The second kappa shape index (κ2) is 6.43. The molecule has 5 heteroatoms. The number of carbonyl (C=O) groups excluding carboxylic acids is 1. The molecule has 2 aromatic rings. The van der Waals surface area contributed by atoms with E-state index >= 15 is 0 Å². The smallest absolute Gasteiger partial charge is 0.309 e. The number of phenolic OH excluding ortho intramolecular Hbond substituents is 1. The molecule has 1 heterocycles. The molecule has 0 fully saturated rings. The summed E-state index contributed by atoms with van der Waals surface area (Å²) in [5, 5.41) is 14.3. The van der Waals surface area contributed by atoms with Crippen LogP contribution in [0.2, 0.25) is 0 Å². The first-order valence-electron chi connectivity index (χ1n) is 6.91. The van der Waals surface area contributed by atoms with Crippen molar-refractivity contribution in [3.63, 3.8) is 0 Å². The van der Waals surface area contributed by atoms with E-state index in [-0.39, 0.29) is 18.1 Å². The summed E-state index contributed by atoms with van der Waals surface area (Å²) in [6, 6.07) is 5.10. The Balaban J connectivity index is 2.27. The standard InChI is InChI=1S/C16H20N2O3/c1-11(2)9-18-10-13(8-17-18)14-6-12(4-5-15(14)19)7-16(20)21-3/h4-6,8,10-11,19H,7,9H2,1-3H3. The first kappa shape index (κ1) is 15.1. The maximum atomic E-state index is 11.3. The number of hydrogen-bond acceptors (Lipinski definition) is 4. The van der Waals surface area contributed by atoms with Crippen LogP contribution in [-0.4, -0.2) is 28.0 Å². The fraction of sp³-hybridized carbons (Fsp3) is 0.375. The molecule has 0 aliphatic rings. The van der Waals surface area contributed by atoms with Gasteiger partial charge in [-0.1, -0.05) is 19.9 Å². The maximum Gasteiger partial charge on any atom is 0.309 e. The number of nitrogens with zero attached hydrogens (tertiary/aromatic N) is 2. The Labute approximate surface area is 124 Å². The summed E-state index contributed by atoms with van der Waals surface area (Å²) in [5.41, 5.74) is 2.30. The van der Waals surface area contributed by atoms with Gasteiger partial charge in [0, 0.05) is 23.9 Å². The van der Waals surface area contributed by atoms with Crippen molar-refractivity contribution in [1.29, 1.82) is 0 Å². The van der Waals surface area contributed by atoms with Gasteiger partial charge in [0.15, 0.2) is 0 Å². The zero-order valence-corrected chi connectivity index (χ0v) is 12.5. The van der Waals surface area contributed by atoms with Crippen LogP contribution >= 0.6 is 0 Å². The number of benzene rings is 1. The zero-order chi connectivity index (χ0) is 15.4. The van der Waals surface area contributed by atoms with E-state index in [2.05, 4.69) is 23.7 Å². The van der Waals surface area contributed by atoms with Crippen molar-refractivity contribution in [3.05, 3.63) is 36.2 Å². The first-order chi connectivity index (χ1) is 9.99. The van der Waals surface area contributed by atoms with Gasteiger partial charge < -0.3 is 9.84 Å². The Kier molecular flexibility index (Phi) is 4.62. The number of esters is 1. The highest BCUT2D eigenvalue weighted by molar-refractivity contribution is 5.75. The molecule has 0 spiro atoms. The fourth-order valence-electron chi connectivity index (χ4n) is 2.14. The van der Waals surface area contributed by atoms with Crippen molar-refractivity contribution in [2.24, 2.45) is 5.92 Å². The molecule has 0 radical (unpaired) electrons. The summed E-state index contributed by atoms with van der Waals surface area (Å²) in [6.07, 6.45) is 3.81. The highest BCUT2D eigenvalue weighted by atomic mass is 16.5. The molecule has 1 aromatic heterocycles. The summed E-state index contributed by atoms with van der Waals surface area (Å²) in [5.74, 6) is 0.367. The van der Waals surface area contributed by atoms with Gasteiger partial charge in [0.05, 0.1) is 19.7 Å². The molecule has 0 unspecified atom stereocenters. The van der Waals surface area contributed by atoms with Gasteiger partial charge in [0.2, 0.25) is 0 Å². The lowest BCUT2D eigenvalue weighted by molar-refractivity contribution is -0.139. The van der Waals surface area contributed by atoms with Crippen molar-refractivity contribution in [3.8, 4) is 16.9 Å². The van der Waals surface area contributed by atoms with Crippen molar-refractivity contribution in [2.75, 3.05) is 7.11 Å². The van der Waals surface area contributed by atoms with Gasteiger partial charge in [0.1, 0.15) is 5.75 Å². The molecule has 0 saturated heterocycles. The number of methoxy groups -OCH3 is 1. The van der Waals surface area contributed by atoms with Gasteiger partial charge in [0.25, 0.3) is 0 Å². The minimum Gasteiger partial charge on any atom is -0.507 e. The number of rotatable bonds is 5. The molecule has 0 aliphatic carbocycles. The summed E-state index contributed by atoms with van der Waals surface area (Å²) in [6.45, 7) is 5.06. The second-order valence-corrected chi connectivity index (χ2v) is 5.45. The van der Waals surface area contributed by atoms with Crippen LogP contribution in [0.1, 0.15) is 19.4 Å². The highest BCUT2D eigenvalue weighted by Gasteiger charge is 2.11. The normalized spacial score (nSPS) is 10.9. The Bertz CT molecular complexity index is 632. The van der Waals surface area contributed by atoms with Crippen molar-refractivity contribution in [2.45, 2.75) is 26.8 Å². The molecule has 112 valence electrons. The zero-order valence-electron chi connectivity index (χ0n) is 12.5. The van der Waals surface area contributed by atoms with E-state index in [4.69, 9.17) is 0 Å². The summed E-state index contributed by atoms with van der Waals surface area (Å²) < 4.78 is 6.51. The number of aromatic nitrogens is 2. The van der Waals surface area contributed by atoms with Crippen LogP contribution in [0.5, 0.6) is 5.75 Å². The van der Waals surface area contributed by atoms with E-state index in [9.17, 15) is 9.90 Å². The molecular formula is C16H20N2O3. The van der Waals surface area contributed by atoms with Crippen molar-refractivity contribution in [1.82, 2.24) is 9.78 Å². The monoisotopic (exact) mass is 288 g/mol. The Morgan fingerprint density at radius 3 is 2.86 bits per heavy atom. The fourth-order valence-corrected chi connectivity index (χ4v) is 2.14. The van der Waals surface area contributed by atoms with Crippen LogP contribution in [0.4, 0.5) is 0 Å². The number of aromatic hydroxyl groups is 1. The average molecular weight is 288 g/mol. The van der Waals surface area contributed by atoms with Crippen LogP contribution in [0.15, 0.2) is 30.6 Å². The lowest BCUT2D eigenvalue weighted by atomic mass is 10.0. The Morgan fingerprint density at radius 1 is 1.43 bits per heavy atom. The van der Waals surface area contributed by atoms with E-state index in [1.54, 1.807) is 24.4 Å². The SMILES string of the molecule is COC(=O)Cc1ccc(O)c(-c2cnn(CC(C)C)c2)c1. The van der Waals surface area contributed by atoms with E-state index in [1.807, 2.05) is 10.9 Å². The third-order valence-electron chi connectivity index (χ3n) is 3.13. The summed E-state index contributed by atoms with van der Waals surface area (Å²) >= 11 is 0. The van der Waals surface area contributed by atoms with Crippen molar-refractivity contribution < 1.29 is 14.6 Å². The molecule has 5 nitrogen and oxygen atoms in total. The number of hydrogen-bond donors (Lipinski definition) is 1. The average Bonchev–Trinajstić information content (AvgIpc) is 2.88. The lowest BCUT2D eigenvalue weighted by Gasteiger charge is -2.06. The molecule has 0 bridgehead atoms. The molecule has 1 aromatic carbocycles. The third-order valence-corrected chi connectivity index (χ3v) is 3.13. The molecule has 21 heavy (non-hydrogen) atoms. The molecule has 1 N–H and O–H groups in total. The van der Waals surface area contributed by atoms with E-state index in [0.29, 0.717) is 11.5 Å². The van der Waals surface area contributed by atoms with E-state index in [1.165, 1.54) is 7.11 Å². The predicted molar refractivity (Wildman–Crippen MR) is 79.9 cm³/mol. The van der Waals surface area contributed by atoms with Crippen LogP contribution in [-0.2, 0) is 22.5 Å². The van der Waals surface area contributed by atoms with Gasteiger partial charge in [-0.2, -0.15) is 5.10 Å². The van der Waals surface area contributed by atoms with Crippen LogP contribution in [0, 0.1) is 5.92 Å². The first-order valence-corrected chi connectivity index (χ1v) is 6.91. The summed E-state index contributed by atoms with van der Waals surface area (Å²) in [4.78, 5) is 11.3. The quantitative estimate of drug-likeness (QED) is 0.859. The highest BCUT2D eigenvalue weighted by Crippen LogP contribution is 2.30.